The van der Waals surface area contributed by atoms with Crippen LogP contribution in [0.2, 0.25) is 0 Å². The third-order valence-corrected chi connectivity index (χ3v) is 5.50. The van der Waals surface area contributed by atoms with Crippen LogP contribution in [0.25, 0.3) is 0 Å². The van der Waals surface area contributed by atoms with Gasteiger partial charge in [-0.25, -0.2) is 4.79 Å². The average molecular weight is 514 g/mol. The molecule has 35 heavy (non-hydrogen) atoms. The van der Waals surface area contributed by atoms with Gasteiger partial charge in [-0.2, -0.15) is 39.5 Å². The molecule has 1 amide bonds. The first-order chi connectivity index (χ1) is 16.0. The third kappa shape index (κ3) is 5.93. The zero-order valence-corrected chi connectivity index (χ0v) is 18.2. The summed E-state index contributed by atoms with van der Waals surface area (Å²) in [5, 5.41) is 2.86. The molecule has 2 atom stereocenters. The summed E-state index contributed by atoms with van der Waals surface area (Å²) in [6, 6.07) is 2.21. The molecule has 1 N–H and O–H groups in total. The molecular weight excluding hydrogens is 495 g/mol. The van der Waals surface area contributed by atoms with Gasteiger partial charge in [0.2, 0.25) is 0 Å². The van der Waals surface area contributed by atoms with Gasteiger partial charge in [-0.3, -0.25) is 4.90 Å². The number of ether oxygens (including phenoxy) is 1. The minimum Gasteiger partial charge on any atom is -0.453 e. The van der Waals surface area contributed by atoms with Crippen LogP contribution in [-0.4, -0.2) is 24.1 Å². The van der Waals surface area contributed by atoms with Crippen LogP contribution in [0.15, 0.2) is 36.4 Å². The molecule has 2 aromatic rings. The molecule has 3 rings (SSSR count). The number of methoxy groups -OCH3 is 1. The van der Waals surface area contributed by atoms with Crippen LogP contribution in [0, 0.1) is 0 Å². The Balaban J connectivity index is 2.09. The standard InChI is InChI=1S/C22H19F9N2O2/c1-11-5-18(16-4-3-13(20(23,24)25)9-17(16)32-11)33(19(34)35-2)10-12-6-14(21(26,27)28)8-15(7-12)22(29,30)31/h3-4,6-9,11,18,32H,5,10H2,1-2H3/t11-,18+/m0/s1. The molecular formula is C22H19F9N2O2. The molecule has 192 valence electrons. The lowest BCUT2D eigenvalue weighted by Gasteiger charge is -2.38. The second kappa shape index (κ2) is 9.15. The van der Waals surface area contributed by atoms with Crippen molar-refractivity contribution in [3.8, 4) is 0 Å². The van der Waals surface area contributed by atoms with Crippen LogP contribution in [0.3, 0.4) is 0 Å². The van der Waals surface area contributed by atoms with E-state index in [0.29, 0.717) is 12.1 Å². The summed E-state index contributed by atoms with van der Waals surface area (Å²) in [4.78, 5) is 13.5. The molecule has 0 saturated heterocycles. The van der Waals surface area contributed by atoms with Crippen LogP contribution in [0.4, 0.5) is 50.0 Å². The van der Waals surface area contributed by atoms with Gasteiger partial charge in [0.1, 0.15) is 0 Å². The molecule has 2 aromatic carbocycles. The van der Waals surface area contributed by atoms with Crippen LogP contribution < -0.4 is 5.32 Å². The smallest absolute Gasteiger partial charge is 0.416 e. The number of nitrogens with zero attached hydrogens (tertiary/aromatic N) is 1. The van der Waals surface area contributed by atoms with Crippen LogP contribution in [-0.2, 0) is 29.8 Å². The molecule has 1 heterocycles. The number of fused-ring (bicyclic) bond motifs is 1. The largest absolute Gasteiger partial charge is 0.453 e. The highest BCUT2D eigenvalue weighted by atomic mass is 19.4. The Kier molecular flexibility index (Phi) is 6.93. The summed E-state index contributed by atoms with van der Waals surface area (Å²) in [6.07, 6.45) is -15.8. The Labute approximate surface area is 193 Å². The molecule has 0 saturated carbocycles. The number of carbonyl (C=O) groups is 1. The van der Waals surface area contributed by atoms with Gasteiger partial charge in [-0.15, -0.1) is 0 Å². The van der Waals surface area contributed by atoms with Gasteiger partial charge >= 0.3 is 24.6 Å². The molecule has 1 aliphatic heterocycles. The predicted molar refractivity (Wildman–Crippen MR) is 106 cm³/mol. The fourth-order valence-electron chi connectivity index (χ4n) is 3.96. The maximum atomic E-state index is 13.3. The first-order valence-electron chi connectivity index (χ1n) is 10.1. The van der Waals surface area contributed by atoms with Crippen LogP contribution in [0.1, 0.15) is 47.2 Å². The number of amides is 1. The summed E-state index contributed by atoms with van der Waals surface area (Å²) in [5.74, 6) is 0. The number of rotatable bonds is 3. The zero-order chi connectivity index (χ0) is 26.3. The van der Waals surface area contributed by atoms with Crippen molar-refractivity contribution in [1.29, 1.82) is 0 Å². The second-order valence-corrected chi connectivity index (χ2v) is 8.11. The lowest BCUT2D eigenvalue weighted by molar-refractivity contribution is -0.143. The van der Waals surface area contributed by atoms with Crippen LogP contribution in [0.5, 0.6) is 0 Å². The van der Waals surface area contributed by atoms with Crippen molar-refractivity contribution in [2.75, 3.05) is 12.4 Å². The van der Waals surface area contributed by atoms with E-state index in [0.717, 1.165) is 30.2 Å². The fraction of sp³-hybridized carbons (Fsp3) is 0.409. The minimum atomic E-state index is -5.09. The summed E-state index contributed by atoms with van der Waals surface area (Å²) < 4.78 is 124. The Morgan fingerprint density at radius 3 is 1.94 bits per heavy atom. The predicted octanol–water partition coefficient (Wildman–Crippen LogP) is 7.26. The molecule has 1 aliphatic rings. The normalized spacial score (nSPS) is 18.5. The second-order valence-electron chi connectivity index (χ2n) is 8.11. The molecule has 0 unspecified atom stereocenters. The van der Waals surface area contributed by atoms with E-state index in [1.165, 1.54) is 0 Å². The van der Waals surface area contributed by atoms with Gasteiger partial charge in [0.05, 0.1) is 29.8 Å². The SMILES string of the molecule is COC(=O)N(Cc1cc(C(F)(F)F)cc(C(F)(F)F)c1)[C@@H]1C[C@H](C)Nc2cc(C(F)(F)F)ccc21. The Morgan fingerprint density at radius 2 is 1.46 bits per heavy atom. The van der Waals surface area contributed by atoms with E-state index in [2.05, 4.69) is 5.32 Å². The molecule has 0 aliphatic carbocycles. The van der Waals surface area contributed by atoms with E-state index in [4.69, 9.17) is 4.74 Å². The molecule has 0 bridgehead atoms. The lowest BCUT2D eigenvalue weighted by atomic mass is 9.91. The van der Waals surface area contributed by atoms with E-state index < -0.39 is 65.5 Å². The number of carbonyl (C=O) groups excluding carboxylic acids is 1. The van der Waals surface area contributed by atoms with Crippen molar-refractivity contribution in [1.82, 2.24) is 4.90 Å². The van der Waals surface area contributed by atoms with E-state index >= 15 is 0 Å². The zero-order valence-electron chi connectivity index (χ0n) is 18.2. The highest BCUT2D eigenvalue weighted by Crippen LogP contribution is 2.42. The first-order valence-corrected chi connectivity index (χ1v) is 10.1. The lowest BCUT2D eigenvalue weighted by Crippen LogP contribution is -2.40. The van der Waals surface area contributed by atoms with Crippen molar-refractivity contribution >= 4 is 11.8 Å². The number of hydrogen-bond donors (Lipinski definition) is 1. The molecule has 0 radical (unpaired) electrons. The minimum absolute atomic E-state index is 0.0352. The van der Waals surface area contributed by atoms with Crippen molar-refractivity contribution < 1.29 is 49.0 Å². The summed E-state index contributed by atoms with van der Waals surface area (Å²) >= 11 is 0. The molecule has 13 heteroatoms. The van der Waals surface area contributed by atoms with Gasteiger partial charge in [-0.05, 0) is 54.8 Å². The van der Waals surface area contributed by atoms with Gasteiger partial charge in [0.15, 0.2) is 0 Å². The average Bonchev–Trinajstić information content (AvgIpc) is 2.74. The fourth-order valence-corrected chi connectivity index (χ4v) is 3.96. The number of nitrogens with one attached hydrogen (secondary N) is 1. The van der Waals surface area contributed by atoms with E-state index in [-0.39, 0.29) is 23.7 Å². The van der Waals surface area contributed by atoms with E-state index in [1.54, 1.807) is 6.92 Å². The number of benzene rings is 2. The van der Waals surface area contributed by atoms with Gasteiger partial charge in [0, 0.05) is 18.3 Å². The molecule has 0 spiro atoms. The maximum Gasteiger partial charge on any atom is 0.416 e. The highest BCUT2D eigenvalue weighted by molar-refractivity contribution is 5.70. The highest BCUT2D eigenvalue weighted by Gasteiger charge is 2.39. The Morgan fingerprint density at radius 1 is 0.914 bits per heavy atom. The van der Waals surface area contributed by atoms with E-state index in [9.17, 15) is 44.3 Å². The van der Waals surface area contributed by atoms with Crippen LogP contribution >= 0.6 is 0 Å². The monoisotopic (exact) mass is 514 g/mol. The van der Waals surface area contributed by atoms with Crippen molar-refractivity contribution in [2.45, 2.75) is 50.5 Å². The maximum absolute atomic E-state index is 13.3. The number of alkyl halides is 9. The third-order valence-electron chi connectivity index (χ3n) is 5.50. The van der Waals surface area contributed by atoms with E-state index in [1.807, 2.05) is 0 Å². The summed E-state index contributed by atoms with van der Waals surface area (Å²) in [5.41, 5.74) is -4.30. The Hall–Kier alpha value is -3.12. The topological polar surface area (TPSA) is 41.6 Å². The molecule has 0 fully saturated rings. The molecule has 4 nitrogen and oxygen atoms in total. The first kappa shape index (κ1) is 26.5. The quantitative estimate of drug-likeness (QED) is 0.439. The summed E-state index contributed by atoms with van der Waals surface area (Å²) in [6.45, 7) is 0.898. The van der Waals surface area contributed by atoms with Crippen molar-refractivity contribution in [3.63, 3.8) is 0 Å². The van der Waals surface area contributed by atoms with Gasteiger partial charge in [-0.1, -0.05) is 6.07 Å². The summed E-state index contributed by atoms with van der Waals surface area (Å²) in [7, 11) is 0.973. The van der Waals surface area contributed by atoms with Gasteiger partial charge in [0.25, 0.3) is 0 Å². The Bertz CT molecular complexity index is 1060. The number of hydrogen-bond acceptors (Lipinski definition) is 3. The molecule has 0 aromatic heterocycles. The number of anilines is 1. The van der Waals surface area contributed by atoms with Crippen molar-refractivity contribution in [2.24, 2.45) is 0 Å². The van der Waals surface area contributed by atoms with Crippen molar-refractivity contribution in [3.05, 3.63) is 64.2 Å². The number of halogens is 9. The van der Waals surface area contributed by atoms with Gasteiger partial charge < -0.3 is 10.1 Å².